The number of carbonyl (C=O) groups excluding carboxylic acids is 1. The van der Waals surface area contributed by atoms with Crippen molar-refractivity contribution < 1.29 is 19.7 Å². The van der Waals surface area contributed by atoms with Crippen molar-refractivity contribution in [2.24, 2.45) is 0 Å². The number of ether oxygens (including phenoxy) is 1. The number of β-amino-alcohol motifs (C(OH)–C–C–N with tert-alkyl or cyclic N) is 1. The van der Waals surface area contributed by atoms with E-state index in [0.717, 1.165) is 24.0 Å². The van der Waals surface area contributed by atoms with Gasteiger partial charge in [0.15, 0.2) is 0 Å². The first-order valence-corrected chi connectivity index (χ1v) is 10.4. The van der Waals surface area contributed by atoms with Crippen LogP contribution in [-0.2, 0) is 6.42 Å². The van der Waals surface area contributed by atoms with Gasteiger partial charge in [0, 0.05) is 12.1 Å². The Balaban J connectivity index is 1.50. The van der Waals surface area contributed by atoms with Crippen LogP contribution in [0, 0.1) is 0 Å². The molecule has 0 saturated heterocycles. The van der Waals surface area contributed by atoms with Crippen LogP contribution >= 0.6 is 0 Å². The van der Waals surface area contributed by atoms with Gasteiger partial charge in [0.25, 0.3) is 0 Å². The molecule has 0 aliphatic rings. The van der Waals surface area contributed by atoms with E-state index in [1.165, 1.54) is 0 Å². The van der Waals surface area contributed by atoms with Crippen molar-refractivity contribution in [2.45, 2.75) is 38.3 Å². The van der Waals surface area contributed by atoms with Gasteiger partial charge in [-0.25, -0.2) is 4.79 Å². The van der Waals surface area contributed by atoms with E-state index in [1.54, 1.807) is 54.6 Å². The topological polar surface area (TPSA) is 78.8 Å². The number of hydrogen-bond donors (Lipinski definition) is 3. The molecule has 0 aliphatic heterocycles. The Bertz CT molecular complexity index is 984. The molecule has 5 heteroatoms. The highest BCUT2D eigenvalue weighted by atomic mass is 16.5. The summed E-state index contributed by atoms with van der Waals surface area (Å²) in [5, 5.41) is 23.9. The third-order valence-electron chi connectivity index (χ3n) is 5.27. The highest BCUT2D eigenvalue weighted by Gasteiger charge is 2.20. The lowest BCUT2D eigenvalue weighted by atomic mass is 9.94. The van der Waals surface area contributed by atoms with Crippen molar-refractivity contribution in [1.82, 2.24) is 5.32 Å². The summed E-state index contributed by atoms with van der Waals surface area (Å²) in [5.41, 5.74) is 1.93. The number of hydrogen-bond acceptors (Lipinski definition) is 5. The maximum Gasteiger partial charge on any atom is 0.343 e. The molecule has 1 unspecified atom stereocenters. The van der Waals surface area contributed by atoms with Crippen LogP contribution in [0.2, 0.25) is 0 Å². The Labute approximate surface area is 183 Å². The van der Waals surface area contributed by atoms with Crippen molar-refractivity contribution >= 4 is 5.97 Å². The Morgan fingerprint density at radius 1 is 0.968 bits per heavy atom. The molecule has 0 aliphatic carbocycles. The predicted molar refractivity (Wildman–Crippen MR) is 121 cm³/mol. The lowest BCUT2D eigenvalue weighted by Gasteiger charge is -2.28. The fraction of sp³-hybridized carbons (Fsp3) is 0.269. The zero-order valence-electron chi connectivity index (χ0n) is 17.9. The predicted octanol–water partition coefficient (Wildman–Crippen LogP) is 4.65. The lowest BCUT2D eigenvalue weighted by molar-refractivity contribution is 0.0734. The largest absolute Gasteiger partial charge is 0.508 e. The third kappa shape index (κ3) is 6.67. The van der Waals surface area contributed by atoms with Gasteiger partial charge in [-0.1, -0.05) is 48.5 Å². The average Bonchev–Trinajstić information content (AvgIpc) is 2.78. The summed E-state index contributed by atoms with van der Waals surface area (Å²) in [6.07, 6.45) is 0.860. The van der Waals surface area contributed by atoms with Crippen molar-refractivity contribution in [3.8, 4) is 11.5 Å². The van der Waals surface area contributed by atoms with Gasteiger partial charge in [-0.3, -0.25) is 0 Å². The summed E-state index contributed by atoms with van der Waals surface area (Å²) < 4.78 is 5.38. The van der Waals surface area contributed by atoms with Crippen LogP contribution in [0.4, 0.5) is 0 Å². The Hall–Kier alpha value is -3.15. The van der Waals surface area contributed by atoms with E-state index in [2.05, 4.69) is 19.2 Å². The number of phenols is 1. The average molecular weight is 420 g/mol. The quantitative estimate of drug-likeness (QED) is 0.348. The minimum Gasteiger partial charge on any atom is -0.508 e. The number of aliphatic hydroxyl groups is 1. The number of phenolic OH excluding ortho intramolecular Hbond substituents is 1. The zero-order chi connectivity index (χ0) is 22.3. The van der Waals surface area contributed by atoms with Crippen LogP contribution in [-0.4, -0.2) is 28.3 Å². The molecule has 3 aromatic carbocycles. The van der Waals surface area contributed by atoms with Gasteiger partial charge < -0.3 is 20.3 Å². The molecule has 1 atom stereocenters. The lowest BCUT2D eigenvalue weighted by Crippen LogP contribution is -2.42. The SMILES string of the molecule is CC(C)(CCc1ccccc1O)NCC(O)c1ccc(OC(=O)c2ccccc2)cc1. The van der Waals surface area contributed by atoms with Crippen LogP contribution in [0.1, 0.15) is 47.9 Å². The molecular weight excluding hydrogens is 390 g/mol. The Morgan fingerprint density at radius 3 is 2.29 bits per heavy atom. The summed E-state index contributed by atoms with van der Waals surface area (Å²) in [7, 11) is 0. The number of carbonyl (C=O) groups is 1. The van der Waals surface area contributed by atoms with Gasteiger partial charge in [-0.2, -0.15) is 0 Å². The highest BCUT2D eigenvalue weighted by Crippen LogP contribution is 2.22. The van der Waals surface area contributed by atoms with E-state index in [4.69, 9.17) is 4.74 Å². The highest BCUT2D eigenvalue weighted by molar-refractivity contribution is 5.90. The van der Waals surface area contributed by atoms with Gasteiger partial charge in [0.2, 0.25) is 0 Å². The van der Waals surface area contributed by atoms with Crippen molar-refractivity contribution in [3.63, 3.8) is 0 Å². The first kappa shape index (κ1) is 22.5. The van der Waals surface area contributed by atoms with Gasteiger partial charge in [0.05, 0.1) is 11.7 Å². The number of benzene rings is 3. The molecule has 0 bridgehead atoms. The number of nitrogens with one attached hydrogen (secondary N) is 1. The van der Waals surface area contributed by atoms with Crippen LogP contribution in [0.25, 0.3) is 0 Å². The van der Waals surface area contributed by atoms with E-state index in [1.807, 2.05) is 24.3 Å². The normalized spacial score (nSPS) is 12.4. The summed E-state index contributed by atoms with van der Waals surface area (Å²) in [6.45, 7) is 4.54. The number of para-hydroxylation sites is 1. The molecule has 0 spiro atoms. The molecule has 3 aromatic rings. The third-order valence-corrected chi connectivity index (χ3v) is 5.27. The molecule has 162 valence electrons. The monoisotopic (exact) mass is 419 g/mol. The standard InChI is InChI=1S/C26H29NO4/c1-26(2,17-16-19-8-6-7-11-23(19)28)27-18-24(29)20-12-14-22(15-13-20)31-25(30)21-9-4-3-5-10-21/h3-15,24,27-29H,16-18H2,1-2H3. The molecular formula is C26H29NO4. The Morgan fingerprint density at radius 2 is 1.61 bits per heavy atom. The van der Waals surface area contributed by atoms with Crippen molar-refractivity contribution in [2.75, 3.05) is 6.54 Å². The van der Waals surface area contributed by atoms with Crippen LogP contribution < -0.4 is 10.1 Å². The minimum absolute atomic E-state index is 0.214. The van der Waals surface area contributed by atoms with Crippen LogP contribution in [0.5, 0.6) is 11.5 Å². The second-order valence-corrected chi connectivity index (χ2v) is 8.23. The Kier molecular flexibility index (Phi) is 7.45. The van der Waals surface area contributed by atoms with Gasteiger partial charge in [-0.15, -0.1) is 0 Å². The molecule has 3 rings (SSSR count). The smallest absolute Gasteiger partial charge is 0.343 e. The minimum atomic E-state index is -0.691. The zero-order valence-corrected chi connectivity index (χ0v) is 17.9. The number of rotatable bonds is 9. The first-order valence-electron chi connectivity index (χ1n) is 10.4. The molecule has 3 N–H and O–H groups in total. The van der Waals surface area contributed by atoms with Gasteiger partial charge in [0.1, 0.15) is 11.5 Å². The molecule has 0 heterocycles. The van der Waals surface area contributed by atoms with E-state index < -0.39 is 12.1 Å². The fourth-order valence-corrected chi connectivity index (χ4v) is 3.25. The maximum atomic E-state index is 12.1. The van der Waals surface area contributed by atoms with E-state index >= 15 is 0 Å². The molecule has 0 aromatic heterocycles. The van der Waals surface area contributed by atoms with Crippen LogP contribution in [0.3, 0.4) is 0 Å². The summed E-state index contributed by atoms with van der Waals surface area (Å²) >= 11 is 0. The molecule has 0 radical (unpaired) electrons. The summed E-state index contributed by atoms with van der Waals surface area (Å²) in [5.74, 6) is 0.328. The van der Waals surface area contributed by atoms with Gasteiger partial charge >= 0.3 is 5.97 Å². The van der Waals surface area contributed by atoms with Crippen molar-refractivity contribution in [1.29, 1.82) is 0 Å². The fourth-order valence-electron chi connectivity index (χ4n) is 3.25. The molecule has 31 heavy (non-hydrogen) atoms. The van der Waals surface area contributed by atoms with E-state index in [0.29, 0.717) is 23.6 Å². The molecule has 0 amide bonds. The summed E-state index contributed by atoms with van der Waals surface area (Å²) in [6, 6.07) is 23.0. The van der Waals surface area contributed by atoms with Gasteiger partial charge in [-0.05, 0) is 68.1 Å². The van der Waals surface area contributed by atoms with Crippen molar-refractivity contribution in [3.05, 3.63) is 95.6 Å². The summed E-state index contributed by atoms with van der Waals surface area (Å²) in [4.78, 5) is 12.1. The molecule has 0 saturated carbocycles. The first-order chi connectivity index (χ1) is 14.8. The number of aryl methyl sites for hydroxylation is 1. The molecule has 5 nitrogen and oxygen atoms in total. The van der Waals surface area contributed by atoms with E-state index in [9.17, 15) is 15.0 Å². The van der Waals surface area contributed by atoms with Crippen LogP contribution in [0.15, 0.2) is 78.9 Å². The second kappa shape index (κ2) is 10.2. The number of esters is 1. The molecule has 0 fully saturated rings. The van der Waals surface area contributed by atoms with E-state index in [-0.39, 0.29) is 5.54 Å². The number of aromatic hydroxyl groups is 1. The number of aliphatic hydroxyl groups excluding tert-OH is 1. The second-order valence-electron chi connectivity index (χ2n) is 8.23. The maximum absolute atomic E-state index is 12.1.